The molecule has 1 aromatic carbocycles. The summed E-state index contributed by atoms with van der Waals surface area (Å²) in [5.41, 5.74) is 6.37. The molecule has 0 aliphatic heterocycles. The van der Waals surface area contributed by atoms with Crippen LogP contribution in [0, 0.1) is 13.8 Å². The molecule has 1 amide bonds. The van der Waals surface area contributed by atoms with E-state index in [-0.39, 0.29) is 5.91 Å². The highest BCUT2D eigenvalue weighted by Crippen LogP contribution is 2.16. The number of hydrogen-bond acceptors (Lipinski definition) is 4. The van der Waals surface area contributed by atoms with Gasteiger partial charge in [0.1, 0.15) is 0 Å². The van der Waals surface area contributed by atoms with E-state index >= 15 is 0 Å². The van der Waals surface area contributed by atoms with Crippen molar-refractivity contribution in [1.82, 2.24) is 4.98 Å². The Labute approximate surface area is 111 Å². The van der Waals surface area contributed by atoms with Gasteiger partial charge in [-0.15, -0.1) is 0 Å². The summed E-state index contributed by atoms with van der Waals surface area (Å²) in [6, 6.07) is 8.99. The lowest BCUT2D eigenvalue weighted by molar-refractivity contribution is 0.102. The van der Waals surface area contributed by atoms with Crippen molar-refractivity contribution in [3.8, 4) is 0 Å². The number of nitrogens with zero attached hydrogens (tertiary/aromatic N) is 1. The van der Waals surface area contributed by atoms with E-state index in [1.165, 1.54) is 0 Å². The molecule has 4 N–H and O–H groups in total. The van der Waals surface area contributed by atoms with Crippen LogP contribution in [0.5, 0.6) is 0 Å². The molecule has 1 heterocycles. The number of aryl methyl sites for hydroxylation is 2. The number of anilines is 2. The Kier molecular flexibility index (Phi) is 3.77. The van der Waals surface area contributed by atoms with E-state index < -0.39 is 0 Å². The second-order valence-corrected chi connectivity index (χ2v) is 4.32. The molecule has 5 heteroatoms. The lowest BCUT2D eigenvalue weighted by Gasteiger charge is -2.09. The third-order valence-electron chi connectivity index (χ3n) is 2.81. The highest BCUT2D eigenvalue weighted by molar-refractivity contribution is 6.05. The Morgan fingerprint density at radius 1 is 1.16 bits per heavy atom. The molecule has 19 heavy (non-hydrogen) atoms. The first-order valence-electron chi connectivity index (χ1n) is 5.91. The molecule has 0 radical (unpaired) electrons. The van der Waals surface area contributed by atoms with E-state index in [0.717, 1.165) is 16.9 Å². The number of aromatic nitrogens is 1. The van der Waals surface area contributed by atoms with Crippen LogP contribution >= 0.6 is 0 Å². The molecule has 0 spiro atoms. The fourth-order valence-electron chi connectivity index (χ4n) is 1.75. The highest BCUT2D eigenvalue weighted by Gasteiger charge is 2.09. The summed E-state index contributed by atoms with van der Waals surface area (Å²) in [5.74, 6) is 5.16. The Hall–Kier alpha value is -2.40. The summed E-state index contributed by atoms with van der Waals surface area (Å²) < 4.78 is 0. The van der Waals surface area contributed by atoms with E-state index in [2.05, 4.69) is 15.7 Å². The number of carbonyl (C=O) groups is 1. The first kappa shape index (κ1) is 13.0. The molecule has 2 aromatic rings. The van der Waals surface area contributed by atoms with Crippen molar-refractivity contribution in [2.75, 3.05) is 10.7 Å². The number of nitrogens with one attached hydrogen (secondary N) is 2. The molecule has 0 fully saturated rings. The van der Waals surface area contributed by atoms with Gasteiger partial charge in [-0.25, -0.2) is 0 Å². The van der Waals surface area contributed by atoms with Crippen molar-refractivity contribution < 1.29 is 4.79 Å². The van der Waals surface area contributed by atoms with Gasteiger partial charge in [-0.05, 0) is 49.7 Å². The minimum absolute atomic E-state index is 0.160. The third kappa shape index (κ3) is 3.08. The summed E-state index contributed by atoms with van der Waals surface area (Å²) in [4.78, 5) is 16.3. The number of hydrogen-bond donors (Lipinski definition) is 3. The minimum atomic E-state index is -0.160. The van der Waals surface area contributed by atoms with Crippen molar-refractivity contribution in [3.05, 3.63) is 53.3 Å². The second-order valence-electron chi connectivity index (χ2n) is 4.32. The SMILES string of the molecule is Cc1ccc(NC(=O)c2ccc(NN)cc2C)cn1. The summed E-state index contributed by atoms with van der Waals surface area (Å²) in [7, 11) is 0. The molecule has 0 bridgehead atoms. The smallest absolute Gasteiger partial charge is 0.255 e. The van der Waals surface area contributed by atoms with E-state index in [1.807, 2.05) is 32.0 Å². The first-order valence-corrected chi connectivity index (χ1v) is 5.91. The van der Waals surface area contributed by atoms with Crippen LogP contribution in [-0.4, -0.2) is 10.9 Å². The Bertz CT molecular complexity index is 593. The average Bonchev–Trinajstić information content (AvgIpc) is 2.41. The molecule has 0 saturated carbocycles. The monoisotopic (exact) mass is 256 g/mol. The standard InChI is InChI=1S/C14H16N4O/c1-9-7-11(18-15)5-6-13(9)14(19)17-12-4-3-10(2)16-8-12/h3-8,18H,15H2,1-2H3,(H,17,19). The zero-order valence-electron chi connectivity index (χ0n) is 10.9. The molecule has 98 valence electrons. The first-order chi connectivity index (χ1) is 9.10. The zero-order chi connectivity index (χ0) is 13.8. The van der Waals surface area contributed by atoms with Crippen LogP contribution < -0.4 is 16.6 Å². The van der Waals surface area contributed by atoms with Gasteiger partial charge in [-0.3, -0.25) is 15.6 Å². The van der Waals surface area contributed by atoms with Gasteiger partial charge in [-0.2, -0.15) is 0 Å². The topological polar surface area (TPSA) is 80.0 Å². The van der Waals surface area contributed by atoms with Gasteiger partial charge in [0.2, 0.25) is 0 Å². The van der Waals surface area contributed by atoms with Crippen molar-refractivity contribution in [2.45, 2.75) is 13.8 Å². The molecule has 1 aromatic heterocycles. The van der Waals surface area contributed by atoms with Gasteiger partial charge in [0.25, 0.3) is 5.91 Å². The van der Waals surface area contributed by atoms with Crippen LogP contribution in [0.1, 0.15) is 21.6 Å². The summed E-state index contributed by atoms with van der Waals surface area (Å²) >= 11 is 0. The molecule has 0 saturated heterocycles. The number of benzene rings is 1. The predicted octanol–water partition coefficient (Wildman–Crippen LogP) is 2.24. The van der Waals surface area contributed by atoms with E-state index in [9.17, 15) is 4.79 Å². The van der Waals surface area contributed by atoms with Crippen LogP contribution in [0.2, 0.25) is 0 Å². The molecule has 2 rings (SSSR count). The van der Waals surface area contributed by atoms with Gasteiger partial charge in [0.15, 0.2) is 0 Å². The number of amides is 1. The number of nitrogen functional groups attached to an aromatic ring is 1. The number of carbonyl (C=O) groups excluding carboxylic acids is 1. The molecule has 0 unspecified atom stereocenters. The molecule has 0 atom stereocenters. The molecular weight excluding hydrogens is 240 g/mol. The second kappa shape index (κ2) is 5.49. The number of pyridine rings is 1. The van der Waals surface area contributed by atoms with Crippen LogP contribution in [-0.2, 0) is 0 Å². The number of hydrazine groups is 1. The largest absolute Gasteiger partial charge is 0.324 e. The lowest BCUT2D eigenvalue weighted by Crippen LogP contribution is -2.14. The molecule has 5 nitrogen and oxygen atoms in total. The van der Waals surface area contributed by atoms with Crippen molar-refractivity contribution in [2.24, 2.45) is 5.84 Å². The maximum atomic E-state index is 12.1. The summed E-state index contributed by atoms with van der Waals surface area (Å²) in [6.07, 6.45) is 1.64. The quantitative estimate of drug-likeness (QED) is 0.581. The Morgan fingerprint density at radius 3 is 2.47 bits per heavy atom. The summed E-state index contributed by atoms with van der Waals surface area (Å²) in [5, 5.41) is 2.81. The van der Waals surface area contributed by atoms with Crippen LogP contribution in [0.25, 0.3) is 0 Å². The van der Waals surface area contributed by atoms with Crippen LogP contribution in [0.4, 0.5) is 11.4 Å². The summed E-state index contributed by atoms with van der Waals surface area (Å²) in [6.45, 7) is 3.76. The molecule has 0 aliphatic rings. The normalized spacial score (nSPS) is 10.1. The number of nitrogens with two attached hydrogens (primary N) is 1. The minimum Gasteiger partial charge on any atom is -0.324 e. The van der Waals surface area contributed by atoms with Gasteiger partial charge in [0.05, 0.1) is 11.9 Å². The maximum Gasteiger partial charge on any atom is 0.255 e. The average molecular weight is 256 g/mol. The van der Waals surface area contributed by atoms with Gasteiger partial charge >= 0.3 is 0 Å². The lowest BCUT2D eigenvalue weighted by atomic mass is 10.1. The third-order valence-corrected chi connectivity index (χ3v) is 2.81. The fraction of sp³-hybridized carbons (Fsp3) is 0.143. The fourth-order valence-corrected chi connectivity index (χ4v) is 1.75. The van der Waals surface area contributed by atoms with E-state index in [4.69, 9.17) is 5.84 Å². The molecular formula is C14H16N4O. The van der Waals surface area contributed by atoms with Gasteiger partial charge in [-0.1, -0.05) is 0 Å². The predicted molar refractivity (Wildman–Crippen MR) is 75.9 cm³/mol. The number of rotatable bonds is 3. The zero-order valence-corrected chi connectivity index (χ0v) is 10.9. The van der Waals surface area contributed by atoms with Gasteiger partial charge in [0, 0.05) is 16.9 Å². The van der Waals surface area contributed by atoms with Crippen molar-refractivity contribution in [1.29, 1.82) is 0 Å². The maximum absolute atomic E-state index is 12.1. The van der Waals surface area contributed by atoms with E-state index in [1.54, 1.807) is 18.3 Å². The Morgan fingerprint density at radius 2 is 1.89 bits per heavy atom. The highest BCUT2D eigenvalue weighted by atomic mass is 16.1. The molecule has 0 aliphatic carbocycles. The van der Waals surface area contributed by atoms with Crippen LogP contribution in [0.15, 0.2) is 36.5 Å². The van der Waals surface area contributed by atoms with Crippen molar-refractivity contribution >= 4 is 17.3 Å². The Balaban J connectivity index is 2.18. The van der Waals surface area contributed by atoms with Crippen molar-refractivity contribution in [3.63, 3.8) is 0 Å². The van der Waals surface area contributed by atoms with E-state index in [0.29, 0.717) is 11.3 Å². The van der Waals surface area contributed by atoms with Crippen LogP contribution in [0.3, 0.4) is 0 Å². The van der Waals surface area contributed by atoms with Gasteiger partial charge < -0.3 is 10.7 Å².